The number of morpholine rings is 1. The molecule has 0 spiro atoms. The molecule has 3 heterocycles. The summed E-state index contributed by atoms with van der Waals surface area (Å²) in [7, 11) is -2.23. The van der Waals surface area contributed by atoms with Gasteiger partial charge in [-0.2, -0.15) is 4.31 Å². The Labute approximate surface area is 187 Å². The van der Waals surface area contributed by atoms with E-state index >= 15 is 0 Å². The minimum Gasteiger partial charge on any atom is -0.408 e. The lowest BCUT2D eigenvalue weighted by molar-refractivity contribution is -0.126. The highest BCUT2D eigenvalue weighted by atomic mass is 32.2. The second-order valence-corrected chi connectivity index (χ2v) is 10.3. The molecule has 0 saturated carbocycles. The normalized spacial score (nSPS) is 21.1. The number of aromatic nitrogens is 1. The monoisotopic (exact) mass is 466 g/mol. The van der Waals surface area contributed by atoms with Gasteiger partial charge in [0.2, 0.25) is 15.9 Å². The number of carbonyl (C=O) groups excluding carboxylic acids is 1. The van der Waals surface area contributed by atoms with E-state index < -0.39 is 15.8 Å². The third kappa shape index (κ3) is 4.90. The van der Waals surface area contributed by atoms with Crippen LogP contribution in [0.25, 0.3) is 11.1 Å². The van der Waals surface area contributed by atoms with E-state index in [2.05, 4.69) is 10.2 Å². The third-order valence-corrected chi connectivity index (χ3v) is 8.07. The Morgan fingerprint density at radius 3 is 2.78 bits per heavy atom. The number of nitrogens with one attached hydrogen (secondary N) is 1. The largest absolute Gasteiger partial charge is 0.419 e. The highest BCUT2D eigenvalue weighted by molar-refractivity contribution is 7.89. The van der Waals surface area contributed by atoms with Crippen molar-refractivity contribution in [3.63, 3.8) is 0 Å². The Balaban J connectivity index is 1.35. The zero-order valence-corrected chi connectivity index (χ0v) is 19.1. The van der Waals surface area contributed by atoms with Crippen molar-refractivity contribution in [3.05, 3.63) is 28.7 Å². The van der Waals surface area contributed by atoms with Crippen LogP contribution in [0.1, 0.15) is 19.3 Å². The summed E-state index contributed by atoms with van der Waals surface area (Å²) >= 11 is 0. The number of fused-ring (bicyclic) bond motifs is 1. The molecule has 2 aliphatic heterocycles. The number of ether oxygens (including phenoxy) is 1. The fourth-order valence-corrected chi connectivity index (χ4v) is 5.82. The number of benzene rings is 1. The standard InChI is InChI=1S/C21H30N4O6S/c1-23-18-6-5-17(14-19(18)31-21(23)27)32(28,29)25-9-2-4-16(15-25)20(26)22-7-3-8-24-10-12-30-13-11-24/h5-6,14,16H,2-4,7-13,15H2,1H3,(H,22,26)/t16-/m0/s1. The lowest BCUT2D eigenvalue weighted by Crippen LogP contribution is -2.45. The molecule has 1 aromatic carbocycles. The van der Waals surface area contributed by atoms with Crippen LogP contribution in [0.5, 0.6) is 0 Å². The van der Waals surface area contributed by atoms with E-state index in [1.807, 2.05) is 0 Å². The fraction of sp³-hybridized carbons (Fsp3) is 0.619. The molecule has 1 amide bonds. The first-order chi connectivity index (χ1) is 15.4. The molecule has 2 aliphatic rings. The Bertz CT molecular complexity index is 1120. The van der Waals surface area contributed by atoms with Crippen molar-refractivity contribution in [2.45, 2.75) is 24.2 Å². The summed E-state index contributed by atoms with van der Waals surface area (Å²) in [6.07, 6.45) is 2.13. The summed E-state index contributed by atoms with van der Waals surface area (Å²) in [4.78, 5) is 26.7. The molecule has 0 radical (unpaired) electrons. The zero-order chi connectivity index (χ0) is 22.7. The summed E-state index contributed by atoms with van der Waals surface area (Å²) < 4.78 is 39.5. The van der Waals surface area contributed by atoms with Gasteiger partial charge in [0.05, 0.1) is 29.5 Å². The van der Waals surface area contributed by atoms with Gasteiger partial charge in [-0.25, -0.2) is 13.2 Å². The van der Waals surface area contributed by atoms with Crippen molar-refractivity contribution in [3.8, 4) is 0 Å². The molecule has 1 N–H and O–H groups in total. The molecule has 1 atom stereocenters. The van der Waals surface area contributed by atoms with Gasteiger partial charge in [0.1, 0.15) is 0 Å². The van der Waals surface area contributed by atoms with E-state index in [9.17, 15) is 18.0 Å². The molecule has 0 aliphatic carbocycles. The Morgan fingerprint density at radius 1 is 1.22 bits per heavy atom. The van der Waals surface area contributed by atoms with Crippen molar-refractivity contribution in [2.75, 3.05) is 52.5 Å². The molecule has 0 unspecified atom stereocenters. The van der Waals surface area contributed by atoms with Crippen LogP contribution < -0.4 is 11.1 Å². The number of rotatable bonds is 7. The first-order valence-electron chi connectivity index (χ1n) is 11.0. The third-order valence-electron chi connectivity index (χ3n) is 6.21. The van der Waals surface area contributed by atoms with Crippen molar-refractivity contribution >= 4 is 27.0 Å². The molecular formula is C21H30N4O6S. The summed E-state index contributed by atoms with van der Waals surface area (Å²) in [5.41, 5.74) is 0.757. The van der Waals surface area contributed by atoms with Gasteiger partial charge in [0.15, 0.2) is 5.58 Å². The molecule has 32 heavy (non-hydrogen) atoms. The van der Waals surface area contributed by atoms with Gasteiger partial charge in [0, 0.05) is 45.8 Å². The number of oxazole rings is 1. The van der Waals surface area contributed by atoms with E-state index in [-0.39, 0.29) is 28.8 Å². The molecule has 2 saturated heterocycles. The highest BCUT2D eigenvalue weighted by Crippen LogP contribution is 2.26. The van der Waals surface area contributed by atoms with Gasteiger partial charge >= 0.3 is 5.76 Å². The topological polar surface area (TPSA) is 114 Å². The van der Waals surface area contributed by atoms with Gasteiger partial charge in [-0.3, -0.25) is 14.3 Å². The van der Waals surface area contributed by atoms with Gasteiger partial charge in [-0.05, 0) is 37.9 Å². The maximum atomic E-state index is 13.2. The molecule has 176 valence electrons. The van der Waals surface area contributed by atoms with E-state index in [1.54, 1.807) is 13.1 Å². The lowest BCUT2D eigenvalue weighted by Gasteiger charge is -2.31. The number of hydrogen-bond acceptors (Lipinski definition) is 7. The SMILES string of the molecule is Cn1c(=O)oc2cc(S(=O)(=O)N3CCC[C@H](C(=O)NCCCN4CCOCC4)C3)ccc21. The number of hydrogen-bond donors (Lipinski definition) is 1. The van der Waals surface area contributed by atoms with Crippen LogP contribution in [0.2, 0.25) is 0 Å². The molecule has 2 aromatic rings. The minimum atomic E-state index is -3.80. The van der Waals surface area contributed by atoms with Crippen LogP contribution in [-0.2, 0) is 26.6 Å². The second kappa shape index (κ2) is 9.74. The lowest BCUT2D eigenvalue weighted by atomic mass is 9.99. The van der Waals surface area contributed by atoms with Crippen molar-refractivity contribution < 1.29 is 22.4 Å². The highest BCUT2D eigenvalue weighted by Gasteiger charge is 2.33. The minimum absolute atomic E-state index is 0.0610. The van der Waals surface area contributed by atoms with Crippen LogP contribution in [0, 0.1) is 5.92 Å². The Hall–Kier alpha value is -2.21. The van der Waals surface area contributed by atoms with E-state index in [0.29, 0.717) is 31.4 Å². The number of sulfonamides is 1. The van der Waals surface area contributed by atoms with Crippen LogP contribution in [0.4, 0.5) is 0 Å². The summed E-state index contributed by atoms with van der Waals surface area (Å²) in [6, 6.07) is 4.42. The van der Waals surface area contributed by atoms with Crippen LogP contribution in [0.15, 0.2) is 32.3 Å². The van der Waals surface area contributed by atoms with Crippen LogP contribution in [0.3, 0.4) is 0 Å². The number of carbonyl (C=O) groups is 1. The summed E-state index contributed by atoms with van der Waals surface area (Å²) in [5.74, 6) is -1.02. The maximum Gasteiger partial charge on any atom is 0.419 e. The quantitative estimate of drug-likeness (QED) is 0.587. The van der Waals surface area contributed by atoms with Gasteiger partial charge in [0.25, 0.3) is 0 Å². The maximum absolute atomic E-state index is 13.2. The number of nitrogens with zero attached hydrogens (tertiary/aromatic N) is 3. The molecule has 10 nitrogen and oxygen atoms in total. The molecule has 2 fully saturated rings. The van der Waals surface area contributed by atoms with Gasteiger partial charge in [-0.15, -0.1) is 0 Å². The first kappa shape index (κ1) is 23.0. The Morgan fingerprint density at radius 2 is 2.00 bits per heavy atom. The average molecular weight is 467 g/mol. The summed E-state index contributed by atoms with van der Waals surface area (Å²) in [5, 5.41) is 2.97. The van der Waals surface area contributed by atoms with Crippen LogP contribution in [-0.4, -0.2) is 80.6 Å². The Kier molecular flexibility index (Phi) is 6.99. The summed E-state index contributed by atoms with van der Waals surface area (Å²) in [6.45, 7) is 5.33. The van der Waals surface area contributed by atoms with E-state index in [0.717, 1.165) is 39.3 Å². The van der Waals surface area contributed by atoms with Gasteiger partial charge in [-0.1, -0.05) is 0 Å². The fourth-order valence-electron chi connectivity index (χ4n) is 4.28. The molecule has 0 bridgehead atoms. The molecule has 4 rings (SSSR count). The smallest absolute Gasteiger partial charge is 0.408 e. The van der Waals surface area contributed by atoms with Crippen molar-refractivity contribution in [1.29, 1.82) is 0 Å². The van der Waals surface area contributed by atoms with E-state index in [4.69, 9.17) is 9.15 Å². The molecule has 1 aromatic heterocycles. The van der Waals surface area contributed by atoms with Crippen LogP contribution >= 0.6 is 0 Å². The molecular weight excluding hydrogens is 436 g/mol. The second-order valence-electron chi connectivity index (χ2n) is 8.36. The number of amides is 1. The number of piperidine rings is 1. The molecule has 11 heteroatoms. The first-order valence-corrected chi connectivity index (χ1v) is 12.5. The van der Waals surface area contributed by atoms with Crippen molar-refractivity contribution in [2.24, 2.45) is 13.0 Å². The predicted molar refractivity (Wildman–Crippen MR) is 118 cm³/mol. The van der Waals surface area contributed by atoms with Crippen molar-refractivity contribution in [1.82, 2.24) is 19.1 Å². The zero-order valence-electron chi connectivity index (χ0n) is 18.3. The average Bonchev–Trinajstić information content (AvgIpc) is 3.10. The van der Waals surface area contributed by atoms with E-state index in [1.165, 1.54) is 21.0 Å². The predicted octanol–water partition coefficient (Wildman–Crippen LogP) is 0.371. The number of aryl methyl sites for hydroxylation is 1. The van der Waals surface area contributed by atoms with Gasteiger partial charge < -0.3 is 14.5 Å².